The maximum absolute atomic E-state index is 2.29. The van der Waals surface area contributed by atoms with Crippen molar-refractivity contribution >= 4 is 6.08 Å². The third kappa shape index (κ3) is 1.61. The molecular weight excluding hydrogens is 168 g/mol. The van der Waals surface area contributed by atoms with Crippen LogP contribution in [0.4, 0.5) is 0 Å². The molecule has 0 amide bonds. The lowest BCUT2D eigenvalue weighted by Gasteiger charge is -2.25. The van der Waals surface area contributed by atoms with Gasteiger partial charge >= 0.3 is 0 Å². The van der Waals surface area contributed by atoms with E-state index in [1.807, 2.05) is 0 Å². The molecule has 1 aliphatic rings. The second-order valence-electron chi connectivity index (χ2n) is 5.06. The normalized spacial score (nSPS) is 15.4. The van der Waals surface area contributed by atoms with Gasteiger partial charge in [-0.05, 0) is 34.9 Å². The first-order chi connectivity index (χ1) is 6.59. The molecule has 0 saturated carbocycles. The van der Waals surface area contributed by atoms with Crippen molar-refractivity contribution in [1.82, 2.24) is 0 Å². The Morgan fingerprint density at radius 3 is 2.64 bits per heavy atom. The van der Waals surface area contributed by atoms with E-state index >= 15 is 0 Å². The molecule has 0 fully saturated rings. The van der Waals surface area contributed by atoms with Crippen LogP contribution < -0.4 is 0 Å². The van der Waals surface area contributed by atoms with Crippen LogP contribution in [0, 0.1) is 0 Å². The van der Waals surface area contributed by atoms with Gasteiger partial charge in [0.1, 0.15) is 0 Å². The molecule has 0 bridgehead atoms. The lowest BCUT2D eigenvalue weighted by molar-refractivity contribution is 0.581. The number of hydrogen-bond acceptors (Lipinski definition) is 0. The SMILES string of the molecule is CC(C)(C)c1cccc2c1CCC=C2. The van der Waals surface area contributed by atoms with Crippen LogP contribution in [-0.2, 0) is 11.8 Å². The molecule has 74 valence electrons. The predicted octanol–water partition coefficient (Wildman–Crippen LogP) is 3.94. The maximum atomic E-state index is 2.29. The van der Waals surface area contributed by atoms with Crippen molar-refractivity contribution < 1.29 is 0 Å². The van der Waals surface area contributed by atoms with Crippen LogP contribution in [0.1, 0.15) is 43.9 Å². The minimum absolute atomic E-state index is 0.274. The van der Waals surface area contributed by atoms with E-state index in [0.717, 1.165) is 0 Å². The highest BCUT2D eigenvalue weighted by Crippen LogP contribution is 2.31. The predicted molar refractivity (Wildman–Crippen MR) is 62.5 cm³/mol. The van der Waals surface area contributed by atoms with Gasteiger partial charge in [0.25, 0.3) is 0 Å². The van der Waals surface area contributed by atoms with Gasteiger partial charge in [-0.15, -0.1) is 0 Å². The lowest BCUT2D eigenvalue weighted by atomic mass is 9.79. The molecule has 0 saturated heterocycles. The van der Waals surface area contributed by atoms with Crippen molar-refractivity contribution in [3.63, 3.8) is 0 Å². The Bertz CT molecular complexity index is 364. The summed E-state index contributed by atoms with van der Waals surface area (Å²) in [6.07, 6.45) is 6.93. The highest BCUT2D eigenvalue weighted by molar-refractivity contribution is 5.59. The van der Waals surface area contributed by atoms with E-state index in [1.54, 1.807) is 5.56 Å². The Morgan fingerprint density at radius 1 is 1.14 bits per heavy atom. The fourth-order valence-corrected chi connectivity index (χ4v) is 2.18. The molecule has 1 aromatic rings. The van der Waals surface area contributed by atoms with Crippen LogP contribution in [0.3, 0.4) is 0 Å². The number of hydrogen-bond donors (Lipinski definition) is 0. The van der Waals surface area contributed by atoms with Gasteiger partial charge in [-0.2, -0.15) is 0 Å². The highest BCUT2D eigenvalue weighted by atomic mass is 14.2. The third-order valence-electron chi connectivity index (χ3n) is 2.88. The minimum Gasteiger partial charge on any atom is -0.0836 e. The van der Waals surface area contributed by atoms with Crippen molar-refractivity contribution in [3.8, 4) is 0 Å². The summed E-state index contributed by atoms with van der Waals surface area (Å²) in [6, 6.07) is 6.67. The Balaban J connectivity index is 2.57. The van der Waals surface area contributed by atoms with Gasteiger partial charge in [0, 0.05) is 0 Å². The smallest absolute Gasteiger partial charge is 0.0129 e. The summed E-state index contributed by atoms with van der Waals surface area (Å²) in [5.41, 5.74) is 4.77. The van der Waals surface area contributed by atoms with Gasteiger partial charge in [0.15, 0.2) is 0 Å². The zero-order valence-corrected chi connectivity index (χ0v) is 9.30. The standard InChI is InChI=1S/C14H18/c1-14(2,3)13-10-6-8-11-7-4-5-9-12(11)13/h4,6-8,10H,5,9H2,1-3H3. The van der Waals surface area contributed by atoms with Gasteiger partial charge in [0.2, 0.25) is 0 Å². The van der Waals surface area contributed by atoms with E-state index < -0.39 is 0 Å². The molecule has 0 aromatic heterocycles. The quantitative estimate of drug-likeness (QED) is 0.575. The summed E-state index contributed by atoms with van der Waals surface area (Å²) in [5.74, 6) is 0. The van der Waals surface area contributed by atoms with E-state index in [1.165, 1.54) is 24.0 Å². The largest absolute Gasteiger partial charge is 0.0836 e. The molecule has 0 spiro atoms. The summed E-state index contributed by atoms with van der Waals surface area (Å²) in [5, 5.41) is 0. The average molecular weight is 186 g/mol. The van der Waals surface area contributed by atoms with Crippen LogP contribution in [0.15, 0.2) is 24.3 Å². The number of fused-ring (bicyclic) bond motifs is 1. The number of rotatable bonds is 0. The average Bonchev–Trinajstić information content (AvgIpc) is 2.15. The molecule has 14 heavy (non-hydrogen) atoms. The van der Waals surface area contributed by atoms with Crippen LogP contribution in [-0.4, -0.2) is 0 Å². The summed E-state index contributed by atoms with van der Waals surface area (Å²) in [4.78, 5) is 0. The first-order valence-electron chi connectivity index (χ1n) is 5.38. The fourth-order valence-electron chi connectivity index (χ4n) is 2.18. The van der Waals surface area contributed by atoms with Crippen molar-refractivity contribution in [2.75, 3.05) is 0 Å². The summed E-state index contributed by atoms with van der Waals surface area (Å²) >= 11 is 0. The van der Waals surface area contributed by atoms with E-state index in [2.05, 4.69) is 51.1 Å². The summed E-state index contributed by atoms with van der Waals surface area (Å²) < 4.78 is 0. The highest BCUT2D eigenvalue weighted by Gasteiger charge is 2.19. The Kier molecular flexibility index (Phi) is 2.22. The van der Waals surface area contributed by atoms with E-state index in [-0.39, 0.29) is 5.41 Å². The molecule has 0 atom stereocenters. The molecule has 2 rings (SSSR count). The second-order valence-corrected chi connectivity index (χ2v) is 5.06. The maximum Gasteiger partial charge on any atom is -0.0129 e. The van der Waals surface area contributed by atoms with Crippen LogP contribution in [0.2, 0.25) is 0 Å². The van der Waals surface area contributed by atoms with Gasteiger partial charge < -0.3 is 0 Å². The van der Waals surface area contributed by atoms with Crippen LogP contribution in [0.25, 0.3) is 6.08 Å². The fraction of sp³-hybridized carbons (Fsp3) is 0.429. The first-order valence-corrected chi connectivity index (χ1v) is 5.38. The molecule has 0 heterocycles. The number of allylic oxidation sites excluding steroid dienone is 1. The zero-order valence-electron chi connectivity index (χ0n) is 9.30. The molecule has 0 radical (unpaired) electrons. The molecule has 0 aliphatic heterocycles. The summed E-state index contributed by atoms with van der Waals surface area (Å²) in [6.45, 7) is 6.88. The first kappa shape index (κ1) is 9.51. The molecule has 1 aromatic carbocycles. The molecular formula is C14H18. The third-order valence-corrected chi connectivity index (χ3v) is 2.88. The summed E-state index contributed by atoms with van der Waals surface area (Å²) in [7, 11) is 0. The van der Waals surface area contributed by atoms with Gasteiger partial charge in [-0.25, -0.2) is 0 Å². The van der Waals surface area contributed by atoms with Crippen molar-refractivity contribution in [3.05, 3.63) is 41.0 Å². The van der Waals surface area contributed by atoms with Gasteiger partial charge in [-0.3, -0.25) is 0 Å². The van der Waals surface area contributed by atoms with E-state index in [0.29, 0.717) is 0 Å². The lowest BCUT2D eigenvalue weighted by Crippen LogP contribution is -2.15. The monoisotopic (exact) mass is 186 g/mol. The molecule has 0 nitrogen and oxygen atoms in total. The minimum atomic E-state index is 0.274. The molecule has 0 heteroatoms. The van der Waals surface area contributed by atoms with E-state index in [9.17, 15) is 0 Å². The Hall–Kier alpha value is -1.04. The zero-order chi connectivity index (χ0) is 10.2. The van der Waals surface area contributed by atoms with Gasteiger partial charge in [-0.1, -0.05) is 51.1 Å². The molecule has 0 unspecified atom stereocenters. The molecule has 0 N–H and O–H groups in total. The van der Waals surface area contributed by atoms with Crippen LogP contribution in [0.5, 0.6) is 0 Å². The topological polar surface area (TPSA) is 0 Å². The Labute approximate surface area is 86.7 Å². The molecule has 1 aliphatic carbocycles. The number of benzene rings is 1. The van der Waals surface area contributed by atoms with Crippen molar-refractivity contribution in [2.24, 2.45) is 0 Å². The second kappa shape index (κ2) is 3.27. The van der Waals surface area contributed by atoms with Crippen LogP contribution >= 0.6 is 0 Å². The van der Waals surface area contributed by atoms with E-state index in [4.69, 9.17) is 0 Å². The Morgan fingerprint density at radius 2 is 1.93 bits per heavy atom. The van der Waals surface area contributed by atoms with Crippen molar-refractivity contribution in [2.45, 2.75) is 39.0 Å². The van der Waals surface area contributed by atoms with Crippen molar-refractivity contribution in [1.29, 1.82) is 0 Å². The van der Waals surface area contributed by atoms with Gasteiger partial charge in [0.05, 0.1) is 0 Å².